The lowest BCUT2D eigenvalue weighted by Crippen LogP contribution is -2.21. The summed E-state index contributed by atoms with van der Waals surface area (Å²) in [4.78, 5) is 6.84. The minimum absolute atomic E-state index is 0.308. The van der Waals surface area contributed by atoms with Gasteiger partial charge in [0.25, 0.3) is 0 Å². The van der Waals surface area contributed by atoms with Gasteiger partial charge in [-0.05, 0) is 43.5 Å². The predicted molar refractivity (Wildman–Crippen MR) is 70.4 cm³/mol. The molecule has 1 aliphatic heterocycles. The largest absolute Gasteiger partial charge is 0.396 e. The fourth-order valence-corrected chi connectivity index (χ4v) is 2.69. The molecule has 0 bridgehead atoms. The van der Waals surface area contributed by atoms with Crippen molar-refractivity contribution in [1.29, 1.82) is 0 Å². The molecule has 3 heterocycles. The van der Waals surface area contributed by atoms with Crippen LogP contribution in [-0.2, 0) is 6.54 Å². The van der Waals surface area contributed by atoms with Crippen molar-refractivity contribution < 1.29 is 5.11 Å². The van der Waals surface area contributed by atoms with Gasteiger partial charge in [0.15, 0.2) is 0 Å². The van der Waals surface area contributed by atoms with Crippen LogP contribution in [-0.4, -0.2) is 39.1 Å². The van der Waals surface area contributed by atoms with Crippen LogP contribution in [0.4, 0.5) is 0 Å². The highest BCUT2D eigenvalue weighted by Crippen LogP contribution is 2.18. The maximum absolute atomic E-state index is 9.17. The van der Waals surface area contributed by atoms with E-state index in [1.807, 2.05) is 6.20 Å². The van der Waals surface area contributed by atoms with Crippen LogP contribution in [0.25, 0.3) is 5.65 Å². The van der Waals surface area contributed by atoms with Gasteiger partial charge in [-0.1, -0.05) is 0 Å². The van der Waals surface area contributed by atoms with E-state index in [2.05, 4.69) is 39.5 Å². The van der Waals surface area contributed by atoms with E-state index < -0.39 is 0 Å². The van der Waals surface area contributed by atoms with Gasteiger partial charge in [0.1, 0.15) is 5.65 Å². The molecular weight excluding hydrogens is 226 g/mol. The summed E-state index contributed by atoms with van der Waals surface area (Å²) >= 11 is 0. The zero-order valence-corrected chi connectivity index (χ0v) is 10.7. The standard InChI is InChI=1S/C14H19N3O/c1-11-2-5-17-13(7-15-14(17)6-11)9-16-4-3-12(8-16)10-18/h2,5-7,12,18H,3-4,8-10H2,1H3. The fourth-order valence-electron chi connectivity index (χ4n) is 2.69. The van der Waals surface area contributed by atoms with Gasteiger partial charge >= 0.3 is 0 Å². The number of fused-ring (bicyclic) bond motifs is 1. The Morgan fingerprint density at radius 1 is 1.50 bits per heavy atom. The maximum Gasteiger partial charge on any atom is 0.137 e. The van der Waals surface area contributed by atoms with Gasteiger partial charge in [-0.3, -0.25) is 4.90 Å². The Labute approximate surface area is 107 Å². The second-order valence-electron chi connectivity index (χ2n) is 5.25. The summed E-state index contributed by atoms with van der Waals surface area (Å²) < 4.78 is 2.15. The zero-order chi connectivity index (χ0) is 12.5. The van der Waals surface area contributed by atoms with Crippen molar-refractivity contribution in [2.75, 3.05) is 19.7 Å². The molecular formula is C14H19N3O. The number of aromatic nitrogens is 2. The Kier molecular flexibility index (Phi) is 3.06. The number of aliphatic hydroxyl groups is 1. The van der Waals surface area contributed by atoms with Crippen LogP contribution >= 0.6 is 0 Å². The summed E-state index contributed by atoms with van der Waals surface area (Å²) in [6.07, 6.45) is 5.15. The van der Waals surface area contributed by atoms with Crippen LogP contribution in [0.2, 0.25) is 0 Å². The molecule has 0 aliphatic carbocycles. The second-order valence-corrected chi connectivity index (χ2v) is 5.25. The van der Waals surface area contributed by atoms with Gasteiger partial charge in [0.05, 0.1) is 11.9 Å². The highest BCUT2D eigenvalue weighted by Gasteiger charge is 2.22. The SMILES string of the molecule is Cc1ccn2c(CN3CCC(CO)C3)cnc2c1. The number of pyridine rings is 1. The topological polar surface area (TPSA) is 40.8 Å². The average molecular weight is 245 g/mol. The first-order chi connectivity index (χ1) is 8.76. The quantitative estimate of drug-likeness (QED) is 0.890. The average Bonchev–Trinajstić information content (AvgIpc) is 2.97. The number of likely N-dealkylation sites (tertiary alicyclic amines) is 1. The van der Waals surface area contributed by atoms with Crippen molar-refractivity contribution in [2.45, 2.75) is 19.9 Å². The van der Waals surface area contributed by atoms with Crippen LogP contribution in [0.1, 0.15) is 17.7 Å². The molecule has 4 heteroatoms. The number of aryl methyl sites for hydroxylation is 1. The molecule has 1 N–H and O–H groups in total. The predicted octanol–water partition coefficient (Wildman–Crippen LogP) is 1.46. The van der Waals surface area contributed by atoms with Crippen LogP contribution in [0.15, 0.2) is 24.5 Å². The molecule has 2 aromatic rings. The molecule has 1 fully saturated rings. The summed E-state index contributed by atoms with van der Waals surface area (Å²) in [6.45, 7) is 5.38. The van der Waals surface area contributed by atoms with Gasteiger partial charge in [0.2, 0.25) is 0 Å². The lowest BCUT2D eigenvalue weighted by Gasteiger charge is -2.15. The number of aliphatic hydroxyl groups excluding tert-OH is 1. The van der Waals surface area contributed by atoms with Crippen molar-refractivity contribution in [1.82, 2.24) is 14.3 Å². The smallest absolute Gasteiger partial charge is 0.137 e. The molecule has 18 heavy (non-hydrogen) atoms. The Morgan fingerprint density at radius 3 is 3.17 bits per heavy atom. The Hall–Kier alpha value is -1.39. The van der Waals surface area contributed by atoms with E-state index in [1.165, 1.54) is 11.3 Å². The third-order valence-electron chi connectivity index (χ3n) is 3.76. The van der Waals surface area contributed by atoms with E-state index in [0.29, 0.717) is 12.5 Å². The second kappa shape index (κ2) is 4.71. The molecule has 1 saturated heterocycles. The van der Waals surface area contributed by atoms with Crippen molar-refractivity contribution in [3.05, 3.63) is 35.8 Å². The fraction of sp³-hybridized carbons (Fsp3) is 0.500. The molecule has 2 aromatic heterocycles. The summed E-state index contributed by atoms with van der Waals surface area (Å²) in [6, 6.07) is 4.21. The lowest BCUT2D eigenvalue weighted by molar-refractivity contribution is 0.219. The maximum atomic E-state index is 9.17. The van der Waals surface area contributed by atoms with E-state index in [4.69, 9.17) is 5.11 Å². The summed E-state index contributed by atoms with van der Waals surface area (Å²) in [5, 5.41) is 9.17. The number of rotatable bonds is 3. The van der Waals surface area contributed by atoms with Crippen molar-refractivity contribution in [3.8, 4) is 0 Å². The normalized spacial score (nSPS) is 20.9. The van der Waals surface area contributed by atoms with E-state index in [1.54, 1.807) is 0 Å². The van der Waals surface area contributed by atoms with Gasteiger partial charge in [-0.2, -0.15) is 0 Å². The van der Waals surface area contributed by atoms with E-state index in [-0.39, 0.29) is 0 Å². The van der Waals surface area contributed by atoms with Crippen LogP contribution in [0, 0.1) is 12.8 Å². The molecule has 0 saturated carbocycles. The highest BCUT2D eigenvalue weighted by atomic mass is 16.3. The third-order valence-corrected chi connectivity index (χ3v) is 3.76. The molecule has 1 unspecified atom stereocenters. The number of hydrogen-bond acceptors (Lipinski definition) is 3. The first kappa shape index (κ1) is 11.7. The molecule has 0 amide bonds. The Morgan fingerprint density at radius 2 is 2.39 bits per heavy atom. The minimum Gasteiger partial charge on any atom is -0.396 e. The van der Waals surface area contributed by atoms with Gasteiger partial charge in [-0.15, -0.1) is 0 Å². The molecule has 1 atom stereocenters. The van der Waals surface area contributed by atoms with Crippen LogP contribution in [0.3, 0.4) is 0 Å². The van der Waals surface area contributed by atoms with Crippen molar-refractivity contribution in [2.24, 2.45) is 5.92 Å². The van der Waals surface area contributed by atoms with Crippen molar-refractivity contribution in [3.63, 3.8) is 0 Å². The Bertz CT molecular complexity index is 549. The summed E-state index contributed by atoms with van der Waals surface area (Å²) in [7, 11) is 0. The van der Waals surface area contributed by atoms with Crippen molar-refractivity contribution >= 4 is 5.65 Å². The molecule has 4 nitrogen and oxygen atoms in total. The van der Waals surface area contributed by atoms with Crippen LogP contribution < -0.4 is 0 Å². The summed E-state index contributed by atoms with van der Waals surface area (Å²) in [5.41, 5.74) is 3.48. The minimum atomic E-state index is 0.308. The zero-order valence-electron chi connectivity index (χ0n) is 10.7. The van der Waals surface area contributed by atoms with E-state index in [9.17, 15) is 0 Å². The molecule has 0 spiro atoms. The third kappa shape index (κ3) is 2.13. The number of hydrogen-bond donors (Lipinski definition) is 1. The molecule has 3 rings (SSSR count). The van der Waals surface area contributed by atoms with E-state index >= 15 is 0 Å². The highest BCUT2D eigenvalue weighted by molar-refractivity contribution is 5.42. The first-order valence-electron chi connectivity index (χ1n) is 6.52. The van der Waals surface area contributed by atoms with Gasteiger partial charge in [-0.25, -0.2) is 4.98 Å². The molecule has 96 valence electrons. The monoisotopic (exact) mass is 245 g/mol. The lowest BCUT2D eigenvalue weighted by atomic mass is 10.1. The molecule has 0 radical (unpaired) electrons. The van der Waals surface area contributed by atoms with Gasteiger partial charge in [0, 0.05) is 25.9 Å². The molecule has 0 aromatic carbocycles. The van der Waals surface area contributed by atoms with Crippen LogP contribution in [0.5, 0.6) is 0 Å². The molecule has 1 aliphatic rings. The first-order valence-corrected chi connectivity index (χ1v) is 6.52. The number of nitrogens with zero attached hydrogens (tertiary/aromatic N) is 3. The Balaban J connectivity index is 1.79. The van der Waals surface area contributed by atoms with E-state index in [0.717, 1.165) is 31.7 Å². The number of imidazole rings is 1. The van der Waals surface area contributed by atoms with Gasteiger partial charge < -0.3 is 9.51 Å². The summed E-state index contributed by atoms with van der Waals surface area (Å²) in [5.74, 6) is 0.450.